The predicted molar refractivity (Wildman–Crippen MR) is 209 cm³/mol. The first kappa shape index (κ1) is 29.0. The Bertz CT molecular complexity index is 2840. The first-order valence-corrected chi connectivity index (χ1v) is 17.1. The van der Waals surface area contributed by atoms with Gasteiger partial charge in [-0.1, -0.05) is 164 Å². The summed E-state index contributed by atoms with van der Waals surface area (Å²) in [6, 6.07) is 61.1. The highest BCUT2D eigenvalue weighted by Gasteiger charge is 2.21. The van der Waals surface area contributed by atoms with Crippen LogP contribution in [-0.4, -0.2) is 15.0 Å². The summed E-state index contributed by atoms with van der Waals surface area (Å²) in [5, 5.41) is 7.07. The summed E-state index contributed by atoms with van der Waals surface area (Å²) in [4.78, 5) is 14.8. The van der Waals surface area contributed by atoms with E-state index in [-0.39, 0.29) is 0 Å². The van der Waals surface area contributed by atoms with Crippen molar-refractivity contribution >= 4 is 43.5 Å². The fourth-order valence-electron chi connectivity index (χ4n) is 7.43. The molecular weight excluding hydrogens is 623 g/mol. The molecule has 0 saturated carbocycles. The van der Waals surface area contributed by atoms with Crippen LogP contribution in [0.1, 0.15) is 0 Å². The Balaban J connectivity index is 1.21. The highest BCUT2D eigenvalue weighted by molar-refractivity contribution is 6.25. The highest BCUT2D eigenvalue weighted by Crippen LogP contribution is 2.48. The van der Waals surface area contributed by atoms with Gasteiger partial charge in [0, 0.05) is 27.5 Å². The summed E-state index contributed by atoms with van der Waals surface area (Å²) in [5.41, 5.74) is 9.21. The van der Waals surface area contributed by atoms with Crippen molar-refractivity contribution in [3.63, 3.8) is 0 Å². The van der Waals surface area contributed by atoms with Crippen LogP contribution in [0, 0.1) is 0 Å². The van der Waals surface area contributed by atoms with Gasteiger partial charge >= 0.3 is 0 Å². The van der Waals surface area contributed by atoms with Crippen LogP contribution < -0.4 is 0 Å². The van der Waals surface area contributed by atoms with Gasteiger partial charge in [0.05, 0.1) is 0 Å². The SMILES string of the molecule is c1ccc(-c2nc(-c3ccccc3)nc(-c3ccc(-c4c(-c5cccc6oc7ccccc7c56)c5ccccc5c5ccccc45)cc3)n2)cc1. The maximum Gasteiger partial charge on any atom is 0.164 e. The second kappa shape index (κ2) is 11.9. The number of furan rings is 1. The van der Waals surface area contributed by atoms with E-state index in [1.54, 1.807) is 0 Å². The average Bonchev–Trinajstić information content (AvgIpc) is 3.60. The lowest BCUT2D eigenvalue weighted by Gasteiger charge is -2.19. The molecule has 238 valence electrons. The van der Waals surface area contributed by atoms with Gasteiger partial charge in [0.15, 0.2) is 17.5 Å². The van der Waals surface area contributed by atoms with E-state index in [9.17, 15) is 0 Å². The van der Waals surface area contributed by atoms with Gasteiger partial charge in [-0.2, -0.15) is 0 Å². The Labute approximate surface area is 294 Å². The largest absolute Gasteiger partial charge is 0.456 e. The van der Waals surface area contributed by atoms with Crippen molar-refractivity contribution < 1.29 is 4.42 Å². The molecule has 8 aromatic carbocycles. The molecule has 2 heterocycles. The number of hydrogen-bond acceptors (Lipinski definition) is 4. The molecule has 0 spiro atoms. The Morgan fingerprint density at radius 2 is 0.725 bits per heavy atom. The Kier molecular flexibility index (Phi) is 6.78. The standard InChI is InChI=1S/C47H29N3O/c1-3-14-31(15-4-1)45-48-46(32-16-5-2-6-17-32)50-47(49-45)33-28-26-30(27-29-33)42-36-20-9-7-18-34(36)35-19-8-10-21-37(35)44(42)39-23-13-25-41-43(39)38-22-11-12-24-40(38)51-41/h1-29H. The Morgan fingerprint density at radius 3 is 1.31 bits per heavy atom. The van der Waals surface area contributed by atoms with E-state index in [0.717, 1.165) is 49.8 Å². The second-order valence-corrected chi connectivity index (χ2v) is 12.7. The molecule has 0 aliphatic rings. The molecule has 10 aromatic rings. The highest BCUT2D eigenvalue weighted by atomic mass is 16.3. The minimum atomic E-state index is 0.632. The zero-order valence-electron chi connectivity index (χ0n) is 27.5. The van der Waals surface area contributed by atoms with Crippen LogP contribution in [0.15, 0.2) is 180 Å². The first-order chi connectivity index (χ1) is 25.3. The smallest absolute Gasteiger partial charge is 0.164 e. The minimum Gasteiger partial charge on any atom is -0.456 e. The van der Waals surface area contributed by atoms with Crippen molar-refractivity contribution in [2.24, 2.45) is 0 Å². The molecule has 0 fully saturated rings. The molecule has 0 bridgehead atoms. The van der Waals surface area contributed by atoms with Crippen LogP contribution in [0.2, 0.25) is 0 Å². The molecule has 4 heteroatoms. The van der Waals surface area contributed by atoms with Crippen molar-refractivity contribution in [1.29, 1.82) is 0 Å². The number of benzene rings is 8. The van der Waals surface area contributed by atoms with Crippen molar-refractivity contribution in [2.75, 3.05) is 0 Å². The average molecular weight is 652 g/mol. The zero-order valence-corrected chi connectivity index (χ0v) is 27.5. The van der Waals surface area contributed by atoms with E-state index < -0.39 is 0 Å². The zero-order chi connectivity index (χ0) is 33.7. The molecule has 0 amide bonds. The van der Waals surface area contributed by atoms with Crippen molar-refractivity contribution in [1.82, 2.24) is 15.0 Å². The molecule has 0 N–H and O–H groups in total. The number of aromatic nitrogens is 3. The summed E-state index contributed by atoms with van der Waals surface area (Å²) in [6.45, 7) is 0. The summed E-state index contributed by atoms with van der Waals surface area (Å²) in [6.07, 6.45) is 0. The normalized spacial score (nSPS) is 11.5. The molecule has 0 aliphatic carbocycles. The van der Waals surface area contributed by atoms with Crippen molar-refractivity contribution in [3.8, 4) is 56.4 Å². The van der Waals surface area contributed by atoms with E-state index in [1.165, 1.54) is 32.7 Å². The maximum atomic E-state index is 6.39. The lowest BCUT2D eigenvalue weighted by atomic mass is 9.83. The van der Waals surface area contributed by atoms with Gasteiger partial charge < -0.3 is 4.42 Å². The monoisotopic (exact) mass is 651 g/mol. The molecular formula is C47H29N3O. The topological polar surface area (TPSA) is 51.8 Å². The van der Waals surface area contributed by atoms with E-state index >= 15 is 0 Å². The molecule has 0 saturated heterocycles. The molecule has 0 atom stereocenters. The molecule has 0 radical (unpaired) electrons. The van der Waals surface area contributed by atoms with Crippen molar-refractivity contribution in [3.05, 3.63) is 176 Å². The van der Waals surface area contributed by atoms with E-state index in [2.05, 4.69) is 103 Å². The van der Waals surface area contributed by atoms with E-state index in [1.807, 2.05) is 72.8 Å². The molecule has 0 unspecified atom stereocenters. The fourth-order valence-corrected chi connectivity index (χ4v) is 7.43. The van der Waals surface area contributed by atoms with E-state index in [0.29, 0.717) is 17.5 Å². The molecule has 0 aliphatic heterocycles. The van der Waals surface area contributed by atoms with Crippen LogP contribution >= 0.6 is 0 Å². The summed E-state index contributed by atoms with van der Waals surface area (Å²) in [5.74, 6) is 1.92. The van der Waals surface area contributed by atoms with Gasteiger partial charge in [0.2, 0.25) is 0 Å². The third-order valence-corrected chi connectivity index (χ3v) is 9.74. The van der Waals surface area contributed by atoms with Crippen LogP contribution in [0.25, 0.3) is 99.9 Å². The van der Waals surface area contributed by atoms with Gasteiger partial charge in [0.1, 0.15) is 11.2 Å². The van der Waals surface area contributed by atoms with Crippen molar-refractivity contribution in [2.45, 2.75) is 0 Å². The summed E-state index contributed by atoms with van der Waals surface area (Å²) in [7, 11) is 0. The molecule has 51 heavy (non-hydrogen) atoms. The van der Waals surface area contributed by atoms with Gasteiger partial charge in [-0.15, -0.1) is 0 Å². The fraction of sp³-hybridized carbons (Fsp3) is 0. The minimum absolute atomic E-state index is 0.632. The number of nitrogens with zero attached hydrogens (tertiary/aromatic N) is 3. The summed E-state index contributed by atoms with van der Waals surface area (Å²) < 4.78 is 6.39. The maximum absolute atomic E-state index is 6.39. The quantitative estimate of drug-likeness (QED) is 0.174. The molecule has 4 nitrogen and oxygen atoms in total. The summed E-state index contributed by atoms with van der Waals surface area (Å²) >= 11 is 0. The first-order valence-electron chi connectivity index (χ1n) is 17.1. The van der Waals surface area contributed by atoms with Crippen LogP contribution in [0.4, 0.5) is 0 Å². The third-order valence-electron chi connectivity index (χ3n) is 9.74. The Hall–Kier alpha value is -6.91. The number of rotatable bonds is 5. The third kappa shape index (κ3) is 4.88. The number of fused-ring (bicyclic) bond motifs is 6. The van der Waals surface area contributed by atoms with E-state index in [4.69, 9.17) is 19.4 Å². The number of hydrogen-bond donors (Lipinski definition) is 0. The van der Waals surface area contributed by atoms with Gasteiger partial charge in [-0.25, -0.2) is 15.0 Å². The second-order valence-electron chi connectivity index (χ2n) is 12.7. The predicted octanol–water partition coefficient (Wildman–Crippen LogP) is 12.4. The molecule has 2 aromatic heterocycles. The van der Waals surface area contributed by atoms with Gasteiger partial charge in [-0.3, -0.25) is 0 Å². The van der Waals surface area contributed by atoms with Gasteiger partial charge in [0.25, 0.3) is 0 Å². The lowest BCUT2D eigenvalue weighted by molar-refractivity contribution is 0.669. The lowest BCUT2D eigenvalue weighted by Crippen LogP contribution is -2.00. The van der Waals surface area contributed by atoms with Crippen LogP contribution in [-0.2, 0) is 0 Å². The molecule has 10 rings (SSSR count). The van der Waals surface area contributed by atoms with Crippen LogP contribution in [0.5, 0.6) is 0 Å². The van der Waals surface area contributed by atoms with Gasteiger partial charge in [-0.05, 0) is 55.9 Å². The Morgan fingerprint density at radius 1 is 0.294 bits per heavy atom. The van der Waals surface area contributed by atoms with Crippen LogP contribution in [0.3, 0.4) is 0 Å². The number of para-hydroxylation sites is 1.